The SMILES string of the molecule is CCc1c(OC)ccc(C(F)(F)F)c1C(F)(F)F. The normalized spacial score (nSPS) is 12.7. The van der Waals surface area contributed by atoms with Crippen LogP contribution in [-0.2, 0) is 18.8 Å². The summed E-state index contributed by atoms with van der Waals surface area (Å²) < 4.78 is 80.8. The van der Waals surface area contributed by atoms with Crippen LogP contribution in [0.15, 0.2) is 12.1 Å². The van der Waals surface area contributed by atoms with Crippen molar-refractivity contribution >= 4 is 0 Å². The van der Waals surface area contributed by atoms with Gasteiger partial charge in [-0.15, -0.1) is 0 Å². The van der Waals surface area contributed by atoms with Crippen LogP contribution in [0, 0.1) is 0 Å². The second-order valence-electron chi connectivity index (χ2n) is 3.52. The summed E-state index contributed by atoms with van der Waals surface area (Å²) in [6.07, 6.45) is -10.3. The van der Waals surface area contributed by atoms with Crippen LogP contribution in [0.4, 0.5) is 26.3 Å². The summed E-state index contributed by atoms with van der Waals surface area (Å²) in [7, 11) is 1.11. The Morgan fingerprint density at radius 1 is 1.00 bits per heavy atom. The predicted molar refractivity (Wildman–Crippen MR) is 52.4 cm³/mol. The Bertz CT molecular complexity index is 432. The lowest BCUT2D eigenvalue weighted by molar-refractivity contribution is -0.162. The average Bonchev–Trinajstić information content (AvgIpc) is 2.24. The number of hydrogen-bond acceptors (Lipinski definition) is 1. The van der Waals surface area contributed by atoms with Gasteiger partial charge in [0.15, 0.2) is 0 Å². The highest BCUT2D eigenvalue weighted by Gasteiger charge is 2.45. The second-order valence-corrected chi connectivity index (χ2v) is 3.52. The highest BCUT2D eigenvalue weighted by molar-refractivity contribution is 5.48. The minimum absolute atomic E-state index is 0.196. The molecule has 0 N–H and O–H groups in total. The Balaban J connectivity index is 3.66. The fourth-order valence-electron chi connectivity index (χ4n) is 1.73. The van der Waals surface area contributed by atoms with Crippen molar-refractivity contribution in [3.63, 3.8) is 0 Å². The van der Waals surface area contributed by atoms with Crippen LogP contribution in [0.5, 0.6) is 5.75 Å². The molecule has 1 rings (SSSR count). The van der Waals surface area contributed by atoms with Crippen molar-refractivity contribution in [2.75, 3.05) is 7.11 Å². The number of methoxy groups -OCH3 is 1. The Labute approximate surface area is 99.4 Å². The van der Waals surface area contributed by atoms with Crippen LogP contribution in [0.2, 0.25) is 0 Å². The molecule has 0 aliphatic heterocycles. The van der Waals surface area contributed by atoms with Gasteiger partial charge >= 0.3 is 12.4 Å². The quantitative estimate of drug-likeness (QED) is 0.729. The van der Waals surface area contributed by atoms with Crippen LogP contribution in [0.3, 0.4) is 0 Å². The first kappa shape index (κ1) is 14.7. The molecule has 0 saturated carbocycles. The average molecular weight is 272 g/mol. The van der Waals surface area contributed by atoms with Gasteiger partial charge in [0.05, 0.1) is 18.2 Å². The van der Waals surface area contributed by atoms with Crippen LogP contribution in [-0.4, -0.2) is 7.11 Å². The molecule has 102 valence electrons. The third kappa shape index (κ3) is 2.70. The maximum atomic E-state index is 12.8. The summed E-state index contributed by atoms with van der Waals surface area (Å²) in [5.41, 5.74) is -3.84. The summed E-state index contributed by atoms with van der Waals surface area (Å²) in [6, 6.07) is 1.29. The minimum Gasteiger partial charge on any atom is -0.496 e. The topological polar surface area (TPSA) is 9.23 Å². The number of ether oxygens (including phenoxy) is 1. The molecule has 0 saturated heterocycles. The van der Waals surface area contributed by atoms with Crippen molar-refractivity contribution < 1.29 is 31.1 Å². The number of hydrogen-bond donors (Lipinski definition) is 0. The molecule has 1 aromatic rings. The first-order valence-electron chi connectivity index (χ1n) is 4.97. The highest BCUT2D eigenvalue weighted by atomic mass is 19.4. The molecule has 0 fully saturated rings. The predicted octanol–water partition coefficient (Wildman–Crippen LogP) is 4.30. The number of halogens is 6. The minimum atomic E-state index is -5.08. The molecular weight excluding hydrogens is 262 g/mol. The van der Waals surface area contributed by atoms with Crippen molar-refractivity contribution in [2.45, 2.75) is 25.7 Å². The standard InChI is InChI=1S/C11H10F6O/c1-3-6-8(18-2)5-4-7(10(12,13)14)9(6)11(15,16)17/h4-5H,3H2,1-2H3. The molecule has 0 heterocycles. The number of rotatable bonds is 2. The van der Waals surface area contributed by atoms with Gasteiger partial charge in [0.1, 0.15) is 5.75 Å². The Morgan fingerprint density at radius 2 is 1.56 bits per heavy atom. The molecule has 1 nitrogen and oxygen atoms in total. The Hall–Kier alpha value is -1.40. The largest absolute Gasteiger partial charge is 0.496 e. The van der Waals surface area contributed by atoms with E-state index >= 15 is 0 Å². The van der Waals surface area contributed by atoms with Gasteiger partial charge in [-0.05, 0) is 18.6 Å². The molecule has 1 aromatic carbocycles. The maximum Gasteiger partial charge on any atom is 0.417 e. The van der Waals surface area contributed by atoms with Crippen molar-refractivity contribution in [2.24, 2.45) is 0 Å². The fourth-order valence-corrected chi connectivity index (χ4v) is 1.73. The zero-order chi connectivity index (χ0) is 14.1. The maximum absolute atomic E-state index is 12.8. The van der Waals surface area contributed by atoms with E-state index in [2.05, 4.69) is 4.74 Å². The first-order chi connectivity index (χ1) is 8.12. The zero-order valence-corrected chi connectivity index (χ0v) is 9.54. The van der Waals surface area contributed by atoms with E-state index < -0.39 is 29.0 Å². The summed E-state index contributed by atoms with van der Waals surface area (Å²) in [4.78, 5) is 0. The third-order valence-electron chi connectivity index (χ3n) is 2.43. The van der Waals surface area contributed by atoms with Crippen molar-refractivity contribution in [3.05, 3.63) is 28.8 Å². The van der Waals surface area contributed by atoms with Gasteiger partial charge in [-0.25, -0.2) is 0 Å². The molecule has 0 bridgehead atoms. The van der Waals surface area contributed by atoms with Gasteiger partial charge in [0, 0.05) is 5.56 Å². The number of alkyl halides is 6. The van der Waals surface area contributed by atoms with Crippen molar-refractivity contribution in [1.82, 2.24) is 0 Å². The van der Waals surface area contributed by atoms with Crippen LogP contribution >= 0.6 is 0 Å². The van der Waals surface area contributed by atoms with E-state index in [1.807, 2.05) is 0 Å². The lowest BCUT2D eigenvalue weighted by atomic mass is 9.97. The zero-order valence-electron chi connectivity index (χ0n) is 9.54. The van der Waals surface area contributed by atoms with E-state index in [4.69, 9.17) is 0 Å². The first-order valence-corrected chi connectivity index (χ1v) is 4.97. The Morgan fingerprint density at radius 3 is 1.89 bits per heavy atom. The van der Waals surface area contributed by atoms with Gasteiger partial charge in [0.2, 0.25) is 0 Å². The summed E-state index contributed by atoms with van der Waals surface area (Å²) in [6.45, 7) is 1.34. The van der Waals surface area contributed by atoms with E-state index in [1.165, 1.54) is 6.92 Å². The molecule has 18 heavy (non-hydrogen) atoms. The lowest BCUT2D eigenvalue weighted by Gasteiger charge is -2.20. The highest BCUT2D eigenvalue weighted by Crippen LogP contribution is 2.44. The molecule has 0 unspecified atom stereocenters. The van der Waals surface area contributed by atoms with Crippen molar-refractivity contribution in [1.29, 1.82) is 0 Å². The monoisotopic (exact) mass is 272 g/mol. The van der Waals surface area contributed by atoms with Crippen molar-refractivity contribution in [3.8, 4) is 5.75 Å². The smallest absolute Gasteiger partial charge is 0.417 e. The fraction of sp³-hybridized carbons (Fsp3) is 0.455. The van der Waals surface area contributed by atoms with E-state index in [-0.39, 0.29) is 12.2 Å². The van der Waals surface area contributed by atoms with E-state index in [9.17, 15) is 26.3 Å². The summed E-state index contributed by atoms with van der Waals surface area (Å²) in [5.74, 6) is -0.196. The molecular formula is C11H10F6O. The van der Waals surface area contributed by atoms with Gasteiger partial charge in [-0.1, -0.05) is 6.92 Å². The molecule has 0 spiro atoms. The van der Waals surface area contributed by atoms with E-state index in [0.717, 1.165) is 13.2 Å². The van der Waals surface area contributed by atoms with Crippen LogP contribution in [0.25, 0.3) is 0 Å². The van der Waals surface area contributed by atoms with E-state index in [0.29, 0.717) is 6.07 Å². The summed E-state index contributed by atoms with van der Waals surface area (Å²) >= 11 is 0. The van der Waals surface area contributed by atoms with E-state index in [1.54, 1.807) is 0 Å². The Kier molecular flexibility index (Phi) is 3.83. The third-order valence-corrected chi connectivity index (χ3v) is 2.43. The van der Waals surface area contributed by atoms with Crippen LogP contribution in [0.1, 0.15) is 23.6 Å². The molecule has 0 atom stereocenters. The number of benzene rings is 1. The molecule has 0 radical (unpaired) electrons. The summed E-state index contributed by atoms with van der Waals surface area (Å²) in [5, 5.41) is 0. The second kappa shape index (κ2) is 4.70. The van der Waals surface area contributed by atoms with Gasteiger partial charge in [-0.3, -0.25) is 0 Å². The van der Waals surface area contributed by atoms with Gasteiger partial charge in [-0.2, -0.15) is 26.3 Å². The van der Waals surface area contributed by atoms with Gasteiger partial charge in [0.25, 0.3) is 0 Å². The van der Waals surface area contributed by atoms with Gasteiger partial charge < -0.3 is 4.74 Å². The molecule has 7 heteroatoms. The molecule has 0 aliphatic rings. The molecule has 0 aromatic heterocycles. The lowest BCUT2D eigenvalue weighted by Crippen LogP contribution is -2.19. The molecule has 0 amide bonds. The van der Waals surface area contributed by atoms with Crippen LogP contribution < -0.4 is 4.74 Å². The molecule has 0 aliphatic carbocycles.